The summed E-state index contributed by atoms with van der Waals surface area (Å²) in [7, 11) is 0. The largest absolute Gasteiger partial charge is 0.311 e. The smallest absolute Gasteiger partial charge is 0.223 e. The van der Waals surface area contributed by atoms with Gasteiger partial charge in [-0.2, -0.15) is 0 Å². The zero-order valence-electron chi connectivity index (χ0n) is 8.13. The Bertz CT molecular complexity index is 354. The fourth-order valence-electron chi connectivity index (χ4n) is 1.85. The van der Waals surface area contributed by atoms with Crippen LogP contribution < -0.4 is 4.90 Å². The molecule has 0 bridgehead atoms. The predicted octanol–water partition coefficient (Wildman–Crippen LogP) is 2.39. The van der Waals surface area contributed by atoms with Gasteiger partial charge < -0.3 is 4.90 Å². The number of anilines is 1. The minimum Gasteiger partial charge on any atom is -0.311 e. The Balaban J connectivity index is 2.49. The number of thiophene rings is 1. The van der Waals surface area contributed by atoms with Gasteiger partial charge in [-0.1, -0.05) is 13.8 Å². The molecule has 0 aromatic carbocycles. The number of amides is 1. The first-order valence-corrected chi connectivity index (χ1v) is 5.26. The van der Waals surface area contributed by atoms with Gasteiger partial charge in [0.1, 0.15) is 0 Å². The van der Waals surface area contributed by atoms with E-state index in [1.54, 1.807) is 18.3 Å². The van der Waals surface area contributed by atoms with Crippen LogP contribution in [-0.4, -0.2) is 12.5 Å². The molecule has 1 aromatic heterocycles. The maximum atomic E-state index is 11.3. The first-order chi connectivity index (χ1) is 6.02. The van der Waals surface area contributed by atoms with Crippen molar-refractivity contribution < 1.29 is 4.79 Å². The molecule has 0 saturated carbocycles. The Morgan fingerprint density at radius 1 is 1.62 bits per heavy atom. The summed E-state index contributed by atoms with van der Waals surface area (Å²) in [6, 6.07) is 2.04. The molecule has 2 nitrogen and oxygen atoms in total. The Labute approximate surface area is 82.2 Å². The summed E-state index contributed by atoms with van der Waals surface area (Å²) in [5.74, 6) is 0.144. The average molecular weight is 195 g/mol. The normalized spacial score (nSPS) is 18.8. The molecule has 3 heteroatoms. The molecular weight excluding hydrogens is 182 g/mol. The summed E-state index contributed by atoms with van der Waals surface area (Å²) in [5, 5.41) is 2.06. The molecule has 0 aliphatic carbocycles. The lowest BCUT2D eigenvalue weighted by atomic mass is 9.94. The van der Waals surface area contributed by atoms with Gasteiger partial charge in [-0.3, -0.25) is 4.79 Å². The van der Waals surface area contributed by atoms with Crippen LogP contribution in [0.3, 0.4) is 0 Å². The highest BCUT2D eigenvalue weighted by Gasteiger charge is 2.37. The summed E-state index contributed by atoms with van der Waals surface area (Å²) < 4.78 is 0. The third-order valence-electron chi connectivity index (χ3n) is 2.48. The van der Waals surface area contributed by atoms with E-state index in [1.165, 1.54) is 4.88 Å². The summed E-state index contributed by atoms with van der Waals surface area (Å²) in [6.45, 7) is 6.82. The van der Waals surface area contributed by atoms with Crippen molar-refractivity contribution in [1.82, 2.24) is 0 Å². The van der Waals surface area contributed by atoms with Gasteiger partial charge in [0, 0.05) is 23.8 Å². The molecule has 0 radical (unpaired) electrons. The van der Waals surface area contributed by atoms with Gasteiger partial charge in [0.05, 0.1) is 5.69 Å². The van der Waals surface area contributed by atoms with Crippen LogP contribution in [0.1, 0.15) is 25.6 Å². The van der Waals surface area contributed by atoms with Gasteiger partial charge in [0.15, 0.2) is 0 Å². The van der Waals surface area contributed by atoms with Crippen LogP contribution in [-0.2, 0) is 10.2 Å². The molecule has 0 unspecified atom stereocenters. The van der Waals surface area contributed by atoms with E-state index in [-0.39, 0.29) is 11.3 Å². The molecule has 2 heterocycles. The SMILES string of the molecule is CC(=O)N1CC(C)(C)c2sccc21. The van der Waals surface area contributed by atoms with Crippen LogP contribution in [0.2, 0.25) is 0 Å². The van der Waals surface area contributed by atoms with Crippen molar-refractivity contribution in [2.45, 2.75) is 26.2 Å². The second-order valence-corrected chi connectivity index (χ2v) is 5.04. The van der Waals surface area contributed by atoms with Crippen LogP contribution in [0.4, 0.5) is 5.69 Å². The number of nitrogens with zero attached hydrogens (tertiary/aromatic N) is 1. The molecule has 1 aliphatic rings. The zero-order chi connectivity index (χ0) is 9.64. The minimum atomic E-state index is 0.134. The molecule has 1 aliphatic heterocycles. The molecule has 13 heavy (non-hydrogen) atoms. The topological polar surface area (TPSA) is 20.3 Å². The number of carbonyl (C=O) groups is 1. The van der Waals surface area contributed by atoms with Crippen LogP contribution in [0.5, 0.6) is 0 Å². The number of hydrogen-bond donors (Lipinski definition) is 0. The molecule has 0 spiro atoms. The fraction of sp³-hybridized carbons (Fsp3) is 0.500. The molecule has 70 valence electrons. The molecule has 1 amide bonds. The first kappa shape index (κ1) is 8.75. The van der Waals surface area contributed by atoms with Crippen LogP contribution in [0.15, 0.2) is 11.4 Å². The van der Waals surface area contributed by atoms with Gasteiger partial charge in [-0.25, -0.2) is 0 Å². The van der Waals surface area contributed by atoms with Crippen molar-refractivity contribution in [1.29, 1.82) is 0 Å². The summed E-state index contributed by atoms with van der Waals surface area (Å²) in [4.78, 5) is 14.5. The molecule has 0 N–H and O–H groups in total. The summed E-state index contributed by atoms with van der Waals surface area (Å²) >= 11 is 1.75. The Hall–Kier alpha value is -0.830. The number of hydrogen-bond acceptors (Lipinski definition) is 2. The van der Waals surface area contributed by atoms with E-state index in [1.807, 2.05) is 11.0 Å². The lowest BCUT2D eigenvalue weighted by Crippen LogP contribution is -2.32. The fourth-order valence-corrected chi connectivity index (χ4v) is 2.87. The van der Waals surface area contributed by atoms with Crippen molar-refractivity contribution in [3.05, 3.63) is 16.3 Å². The molecule has 1 aromatic rings. The third-order valence-corrected chi connectivity index (χ3v) is 3.75. The van der Waals surface area contributed by atoms with Crippen molar-refractivity contribution in [3.8, 4) is 0 Å². The summed E-state index contributed by atoms with van der Waals surface area (Å²) in [6.07, 6.45) is 0. The van der Waals surface area contributed by atoms with Gasteiger partial charge in [0.2, 0.25) is 5.91 Å². The van der Waals surface area contributed by atoms with Gasteiger partial charge in [-0.15, -0.1) is 11.3 Å². The van der Waals surface area contributed by atoms with E-state index < -0.39 is 0 Å². The molecule has 0 saturated heterocycles. The quantitative estimate of drug-likeness (QED) is 0.622. The van der Waals surface area contributed by atoms with Gasteiger partial charge in [0.25, 0.3) is 0 Å². The molecule has 2 rings (SSSR count). The maximum Gasteiger partial charge on any atom is 0.223 e. The van der Waals surface area contributed by atoms with Gasteiger partial charge >= 0.3 is 0 Å². The highest BCUT2D eigenvalue weighted by molar-refractivity contribution is 7.10. The van der Waals surface area contributed by atoms with Crippen LogP contribution in [0.25, 0.3) is 0 Å². The maximum absolute atomic E-state index is 11.3. The van der Waals surface area contributed by atoms with Crippen molar-refractivity contribution in [2.75, 3.05) is 11.4 Å². The van der Waals surface area contributed by atoms with Crippen molar-refractivity contribution >= 4 is 22.9 Å². The highest BCUT2D eigenvalue weighted by atomic mass is 32.1. The summed E-state index contributed by atoms with van der Waals surface area (Å²) in [5.41, 5.74) is 1.25. The van der Waals surface area contributed by atoms with E-state index in [0.29, 0.717) is 0 Å². The van der Waals surface area contributed by atoms with E-state index in [4.69, 9.17) is 0 Å². The van der Waals surface area contributed by atoms with Crippen molar-refractivity contribution in [2.24, 2.45) is 0 Å². The molecule has 0 atom stereocenters. The Morgan fingerprint density at radius 3 is 2.92 bits per heavy atom. The zero-order valence-corrected chi connectivity index (χ0v) is 8.94. The number of carbonyl (C=O) groups excluding carboxylic acids is 1. The van der Waals surface area contributed by atoms with Crippen molar-refractivity contribution in [3.63, 3.8) is 0 Å². The van der Waals surface area contributed by atoms with E-state index in [2.05, 4.69) is 19.2 Å². The van der Waals surface area contributed by atoms with Gasteiger partial charge in [-0.05, 0) is 11.4 Å². The Morgan fingerprint density at radius 2 is 2.31 bits per heavy atom. The molecular formula is C10H13NOS. The second-order valence-electron chi connectivity index (χ2n) is 4.12. The van der Waals surface area contributed by atoms with E-state index in [9.17, 15) is 4.79 Å². The van der Waals surface area contributed by atoms with E-state index in [0.717, 1.165) is 12.2 Å². The molecule has 0 fully saturated rings. The van der Waals surface area contributed by atoms with Crippen LogP contribution in [0, 0.1) is 0 Å². The lowest BCUT2D eigenvalue weighted by molar-refractivity contribution is -0.116. The standard InChI is InChI=1S/C10H13NOS/c1-7(12)11-6-10(2,3)9-8(11)4-5-13-9/h4-5H,6H2,1-3H3. The first-order valence-electron chi connectivity index (χ1n) is 4.38. The average Bonchev–Trinajstić information content (AvgIpc) is 2.53. The third kappa shape index (κ3) is 1.18. The highest BCUT2D eigenvalue weighted by Crippen LogP contribution is 2.43. The minimum absolute atomic E-state index is 0.134. The Kier molecular flexibility index (Phi) is 1.74. The lowest BCUT2D eigenvalue weighted by Gasteiger charge is -2.19. The predicted molar refractivity (Wildman–Crippen MR) is 55.4 cm³/mol. The number of fused-ring (bicyclic) bond motifs is 1. The second kappa shape index (κ2) is 2.58. The monoisotopic (exact) mass is 195 g/mol. The van der Waals surface area contributed by atoms with E-state index >= 15 is 0 Å². The van der Waals surface area contributed by atoms with Crippen LogP contribution >= 0.6 is 11.3 Å². The number of rotatable bonds is 0.